The summed E-state index contributed by atoms with van der Waals surface area (Å²) in [7, 11) is 3.18. The van der Waals surface area contributed by atoms with Crippen LogP contribution in [0.25, 0.3) is 0 Å². The molecule has 7 heteroatoms. The van der Waals surface area contributed by atoms with Crippen molar-refractivity contribution in [2.45, 2.75) is 44.4 Å². The van der Waals surface area contributed by atoms with E-state index in [1.807, 2.05) is 35.2 Å². The van der Waals surface area contributed by atoms with E-state index in [0.717, 1.165) is 22.3 Å². The first-order chi connectivity index (χ1) is 18.0. The van der Waals surface area contributed by atoms with E-state index in [1.54, 1.807) is 26.4 Å². The van der Waals surface area contributed by atoms with Gasteiger partial charge in [0.05, 0.1) is 38.8 Å². The normalized spacial score (nSPS) is 18.9. The van der Waals surface area contributed by atoms with Crippen LogP contribution in [0.2, 0.25) is 0 Å². The number of rotatable bonds is 6. The first-order valence-corrected chi connectivity index (χ1v) is 12.5. The zero-order chi connectivity index (χ0) is 25.9. The quantitative estimate of drug-likeness (QED) is 0.487. The molecule has 0 saturated carbocycles. The summed E-state index contributed by atoms with van der Waals surface area (Å²) < 4.78 is 25.6. The molecule has 2 heterocycles. The number of ether oxygens (including phenoxy) is 2. The second-order valence-corrected chi connectivity index (χ2v) is 9.55. The number of hydrogen-bond acceptors (Lipinski definition) is 5. The average Bonchev–Trinajstić information content (AvgIpc) is 2.93. The largest absolute Gasteiger partial charge is 0.493 e. The summed E-state index contributed by atoms with van der Waals surface area (Å²) in [5, 5.41) is 9.69. The molecule has 0 aromatic heterocycles. The Morgan fingerprint density at radius 1 is 1.03 bits per heavy atom. The summed E-state index contributed by atoms with van der Waals surface area (Å²) >= 11 is 0. The highest BCUT2D eigenvalue weighted by molar-refractivity contribution is 5.83. The van der Waals surface area contributed by atoms with Gasteiger partial charge in [-0.05, 0) is 53.3 Å². The smallest absolute Gasteiger partial charge is 0.240 e. The van der Waals surface area contributed by atoms with E-state index in [9.17, 15) is 14.4 Å². The van der Waals surface area contributed by atoms with Gasteiger partial charge in [-0.15, -0.1) is 0 Å². The van der Waals surface area contributed by atoms with Crippen LogP contribution in [0.4, 0.5) is 4.39 Å². The Morgan fingerprint density at radius 2 is 1.73 bits per heavy atom. The fourth-order valence-corrected chi connectivity index (χ4v) is 5.62. The van der Waals surface area contributed by atoms with Gasteiger partial charge in [0.15, 0.2) is 11.5 Å². The molecule has 0 aliphatic carbocycles. The van der Waals surface area contributed by atoms with Gasteiger partial charge in [0, 0.05) is 25.2 Å². The van der Waals surface area contributed by atoms with Gasteiger partial charge >= 0.3 is 0 Å². The molecule has 1 unspecified atom stereocenters. The predicted octanol–water partition coefficient (Wildman–Crippen LogP) is 4.81. The molecule has 6 nitrogen and oxygen atoms in total. The van der Waals surface area contributed by atoms with Crippen molar-refractivity contribution in [1.29, 1.82) is 5.26 Å². The van der Waals surface area contributed by atoms with E-state index in [0.29, 0.717) is 49.5 Å². The number of carbonyl (C=O) groups is 1. The molecule has 2 aliphatic heterocycles. The van der Waals surface area contributed by atoms with Crippen molar-refractivity contribution in [3.63, 3.8) is 0 Å². The van der Waals surface area contributed by atoms with Crippen molar-refractivity contribution in [3.8, 4) is 17.6 Å². The number of benzene rings is 3. The zero-order valence-corrected chi connectivity index (χ0v) is 21.1. The number of amides is 1. The average molecular weight is 500 g/mol. The Hall–Kier alpha value is -3.89. The third-order valence-corrected chi connectivity index (χ3v) is 7.53. The van der Waals surface area contributed by atoms with E-state index in [4.69, 9.17) is 9.47 Å². The van der Waals surface area contributed by atoms with Crippen LogP contribution in [-0.4, -0.2) is 42.5 Å². The Morgan fingerprint density at radius 3 is 2.46 bits per heavy atom. The van der Waals surface area contributed by atoms with Crippen LogP contribution in [0.1, 0.15) is 40.3 Å². The maximum absolute atomic E-state index is 14.6. The number of carbonyl (C=O) groups excluding carboxylic acids is 1. The standard InChI is InChI=1S/C30H30FN3O3/c1-36-28-16-21-12-14-34(26(11-13-32)24(21)17-29(28)37-2)30(35)27-15-20-7-3-4-8-22(20)18-33(27)19-23-9-5-6-10-25(23)31/h3-10,16-17,26-27H,11-12,14-15,18-19H2,1-2H3/t26?,27-/m0/s1. The minimum Gasteiger partial charge on any atom is -0.493 e. The van der Waals surface area contributed by atoms with Crippen molar-refractivity contribution < 1.29 is 18.7 Å². The van der Waals surface area contributed by atoms with E-state index in [-0.39, 0.29) is 18.1 Å². The Kier molecular flexibility index (Phi) is 7.11. The van der Waals surface area contributed by atoms with E-state index < -0.39 is 12.1 Å². The third-order valence-electron chi connectivity index (χ3n) is 7.53. The maximum Gasteiger partial charge on any atom is 0.240 e. The molecule has 0 spiro atoms. The van der Waals surface area contributed by atoms with Crippen molar-refractivity contribution in [2.75, 3.05) is 20.8 Å². The molecule has 0 bridgehead atoms. The highest BCUT2D eigenvalue weighted by Gasteiger charge is 2.39. The highest BCUT2D eigenvalue weighted by Crippen LogP contribution is 2.40. The van der Waals surface area contributed by atoms with Crippen LogP contribution in [0, 0.1) is 17.1 Å². The molecule has 190 valence electrons. The van der Waals surface area contributed by atoms with Crippen molar-refractivity contribution in [2.24, 2.45) is 0 Å². The number of hydrogen-bond donors (Lipinski definition) is 0. The van der Waals surface area contributed by atoms with Crippen molar-refractivity contribution >= 4 is 5.91 Å². The fourth-order valence-electron chi connectivity index (χ4n) is 5.62. The molecular weight excluding hydrogens is 469 g/mol. The molecule has 0 fully saturated rings. The fraction of sp³-hybridized carbons (Fsp3) is 0.333. The molecule has 0 saturated heterocycles. The lowest BCUT2D eigenvalue weighted by Crippen LogP contribution is -2.53. The predicted molar refractivity (Wildman–Crippen MR) is 138 cm³/mol. The molecule has 2 aliphatic rings. The first kappa shape index (κ1) is 24.8. The van der Waals surface area contributed by atoms with Gasteiger partial charge in [-0.1, -0.05) is 42.5 Å². The van der Waals surface area contributed by atoms with Crippen LogP contribution in [-0.2, 0) is 30.7 Å². The molecule has 3 aromatic rings. The lowest BCUT2D eigenvalue weighted by atomic mass is 9.88. The minimum atomic E-state index is -0.461. The summed E-state index contributed by atoms with van der Waals surface area (Å²) in [6.45, 7) is 1.38. The van der Waals surface area contributed by atoms with E-state index in [2.05, 4.69) is 23.1 Å². The summed E-state index contributed by atoms with van der Waals surface area (Å²) in [5.41, 5.74) is 4.81. The lowest BCUT2D eigenvalue weighted by Gasteiger charge is -2.43. The van der Waals surface area contributed by atoms with Crippen molar-refractivity contribution in [3.05, 3.63) is 94.3 Å². The van der Waals surface area contributed by atoms with Gasteiger partial charge in [-0.2, -0.15) is 5.26 Å². The Bertz CT molecular complexity index is 1350. The van der Waals surface area contributed by atoms with Gasteiger partial charge < -0.3 is 14.4 Å². The minimum absolute atomic E-state index is 0.0356. The molecule has 2 atom stereocenters. The van der Waals surface area contributed by atoms with Crippen molar-refractivity contribution in [1.82, 2.24) is 9.80 Å². The van der Waals surface area contributed by atoms with Crippen LogP contribution in [0.3, 0.4) is 0 Å². The number of nitrogens with zero attached hydrogens (tertiary/aromatic N) is 3. The van der Waals surface area contributed by atoms with E-state index >= 15 is 0 Å². The van der Waals surface area contributed by atoms with E-state index in [1.165, 1.54) is 6.07 Å². The number of methoxy groups -OCH3 is 2. The monoisotopic (exact) mass is 499 g/mol. The SMILES string of the molecule is COc1cc2c(cc1OC)C(CC#N)N(C(=O)[C@@H]1Cc3ccccc3CN1Cc1ccccc1F)CC2. The number of nitriles is 1. The Labute approximate surface area is 216 Å². The molecule has 0 N–H and O–H groups in total. The van der Waals surface area contributed by atoms with Gasteiger partial charge in [-0.25, -0.2) is 4.39 Å². The van der Waals surface area contributed by atoms with Crippen LogP contribution >= 0.6 is 0 Å². The third kappa shape index (κ3) is 4.77. The molecular formula is C30H30FN3O3. The Balaban J connectivity index is 1.50. The molecule has 1 amide bonds. The van der Waals surface area contributed by atoms with Crippen LogP contribution in [0.15, 0.2) is 60.7 Å². The first-order valence-electron chi connectivity index (χ1n) is 12.5. The molecule has 3 aromatic carbocycles. The van der Waals surface area contributed by atoms with Gasteiger partial charge in [0.1, 0.15) is 5.82 Å². The van der Waals surface area contributed by atoms with Crippen LogP contribution < -0.4 is 9.47 Å². The maximum atomic E-state index is 14.6. The summed E-state index contributed by atoms with van der Waals surface area (Å²) in [4.78, 5) is 18.2. The molecule has 37 heavy (non-hydrogen) atoms. The second kappa shape index (κ2) is 10.6. The lowest BCUT2D eigenvalue weighted by molar-refractivity contribution is -0.141. The summed E-state index contributed by atoms with van der Waals surface area (Å²) in [5.74, 6) is 0.900. The zero-order valence-electron chi connectivity index (χ0n) is 21.1. The van der Waals surface area contributed by atoms with Gasteiger partial charge in [0.25, 0.3) is 0 Å². The van der Waals surface area contributed by atoms with Gasteiger partial charge in [-0.3, -0.25) is 9.69 Å². The number of halogens is 1. The second-order valence-electron chi connectivity index (χ2n) is 9.55. The topological polar surface area (TPSA) is 65.8 Å². The molecule has 0 radical (unpaired) electrons. The number of fused-ring (bicyclic) bond motifs is 2. The van der Waals surface area contributed by atoms with Gasteiger partial charge in [0.2, 0.25) is 5.91 Å². The summed E-state index contributed by atoms with van der Waals surface area (Å²) in [6.07, 6.45) is 1.36. The highest BCUT2D eigenvalue weighted by atomic mass is 19.1. The summed E-state index contributed by atoms with van der Waals surface area (Å²) in [6, 6.07) is 20.1. The molecule has 5 rings (SSSR count). The van der Waals surface area contributed by atoms with Crippen LogP contribution in [0.5, 0.6) is 11.5 Å².